The van der Waals surface area contributed by atoms with E-state index in [9.17, 15) is 9.18 Å². The van der Waals surface area contributed by atoms with Gasteiger partial charge in [-0.05, 0) is 56.1 Å². The van der Waals surface area contributed by atoms with Crippen molar-refractivity contribution in [3.05, 3.63) is 72.5 Å². The first-order valence-corrected chi connectivity index (χ1v) is 9.89. The molecule has 154 valence electrons. The van der Waals surface area contributed by atoms with Crippen molar-refractivity contribution in [1.29, 1.82) is 0 Å². The number of likely N-dealkylation sites (N-methyl/N-ethyl adjacent to an activating group) is 1. The molecule has 1 aliphatic heterocycles. The predicted molar refractivity (Wildman–Crippen MR) is 114 cm³/mol. The fraction of sp³-hybridized carbons (Fsp3) is 0.261. The lowest BCUT2D eigenvalue weighted by atomic mass is 9.99. The number of fused-ring (bicyclic) bond motifs is 1. The molecule has 0 unspecified atom stereocenters. The van der Waals surface area contributed by atoms with E-state index in [1.165, 1.54) is 12.1 Å². The standard InChI is InChI=1S/C23H24FN5O/c1-27(2)13-3-4-21(30)28-14-15-29-20(16-28)22(17-9-11-25-12-10-17)23(26-29)18-5-7-19(24)8-6-18/h3-12H,13-16H2,1-2H3/b4-3+. The summed E-state index contributed by atoms with van der Waals surface area (Å²) in [5, 5.41) is 4.82. The van der Waals surface area contributed by atoms with Gasteiger partial charge in [-0.1, -0.05) is 6.08 Å². The molecule has 2 aromatic heterocycles. The number of rotatable bonds is 5. The molecule has 0 saturated heterocycles. The Morgan fingerprint density at radius 3 is 2.53 bits per heavy atom. The molecule has 7 heteroatoms. The molecule has 30 heavy (non-hydrogen) atoms. The maximum atomic E-state index is 13.5. The van der Waals surface area contributed by atoms with E-state index >= 15 is 0 Å². The van der Waals surface area contributed by atoms with E-state index < -0.39 is 0 Å². The first-order chi connectivity index (χ1) is 14.5. The van der Waals surface area contributed by atoms with E-state index in [0.29, 0.717) is 26.2 Å². The van der Waals surface area contributed by atoms with Gasteiger partial charge in [0.2, 0.25) is 5.91 Å². The zero-order valence-electron chi connectivity index (χ0n) is 17.1. The highest BCUT2D eigenvalue weighted by Gasteiger charge is 2.27. The van der Waals surface area contributed by atoms with Crippen LogP contribution in [0.4, 0.5) is 4.39 Å². The van der Waals surface area contributed by atoms with Crippen LogP contribution >= 0.6 is 0 Å². The van der Waals surface area contributed by atoms with Crippen molar-refractivity contribution in [3.8, 4) is 22.4 Å². The molecule has 0 spiro atoms. The summed E-state index contributed by atoms with van der Waals surface area (Å²) < 4.78 is 15.4. The number of halogens is 1. The Morgan fingerprint density at radius 2 is 1.83 bits per heavy atom. The molecule has 1 aliphatic rings. The molecule has 0 saturated carbocycles. The van der Waals surface area contributed by atoms with E-state index in [2.05, 4.69) is 4.98 Å². The van der Waals surface area contributed by atoms with Crippen molar-refractivity contribution in [3.63, 3.8) is 0 Å². The minimum Gasteiger partial charge on any atom is -0.331 e. The van der Waals surface area contributed by atoms with Gasteiger partial charge in [0, 0.05) is 42.7 Å². The first kappa shape index (κ1) is 20.0. The molecule has 0 radical (unpaired) electrons. The van der Waals surface area contributed by atoms with Crippen LogP contribution in [0, 0.1) is 5.82 Å². The summed E-state index contributed by atoms with van der Waals surface area (Å²) in [5.41, 5.74) is 4.53. The van der Waals surface area contributed by atoms with E-state index in [0.717, 1.165) is 28.1 Å². The van der Waals surface area contributed by atoms with E-state index in [-0.39, 0.29) is 11.7 Å². The normalized spacial score (nSPS) is 13.8. The monoisotopic (exact) mass is 405 g/mol. The highest BCUT2D eigenvalue weighted by molar-refractivity contribution is 5.88. The minimum atomic E-state index is -0.283. The predicted octanol–water partition coefficient (Wildman–Crippen LogP) is 3.21. The molecule has 0 bridgehead atoms. The molecule has 4 rings (SSSR count). The summed E-state index contributed by atoms with van der Waals surface area (Å²) >= 11 is 0. The molecule has 1 aromatic carbocycles. The number of aromatic nitrogens is 3. The average molecular weight is 405 g/mol. The van der Waals surface area contributed by atoms with Crippen molar-refractivity contribution < 1.29 is 9.18 Å². The number of nitrogens with zero attached hydrogens (tertiary/aromatic N) is 5. The number of amides is 1. The van der Waals surface area contributed by atoms with Gasteiger partial charge in [0.15, 0.2) is 0 Å². The quantitative estimate of drug-likeness (QED) is 0.612. The summed E-state index contributed by atoms with van der Waals surface area (Å²) in [6, 6.07) is 10.2. The third-order valence-electron chi connectivity index (χ3n) is 5.11. The maximum Gasteiger partial charge on any atom is 0.246 e. The highest BCUT2D eigenvalue weighted by atomic mass is 19.1. The van der Waals surface area contributed by atoms with Crippen molar-refractivity contribution in [2.24, 2.45) is 0 Å². The Kier molecular flexibility index (Phi) is 5.72. The van der Waals surface area contributed by atoms with Gasteiger partial charge in [-0.25, -0.2) is 4.39 Å². The van der Waals surface area contributed by atoms with E-state index in [1.54, 1.807) is 30.6 Å². The van der Waals surface area contributed by atoms with Gasteiger partial charge in [-0.3, -0.25) is 14.5 Å². The van der Waals surface area contributed by atoms with Crippen molar-refractivity contribution in [2.45, 2.75) is 13.1 Å². The molecule has 0 N–H and O–H groups in total. The van der Waals surface area contributed by atoms with Crippen molar-refractivity contribution in [2.75, 3.05) is 27.2 Å². The summed E-state index contributed by atoms with van der Waals surface area (Å²) in [6.45, 7) is 2.39. The average Bonchev–Trinajstić information content (AvgIpc) is 3.13. The van der Waals surface area contributed by atoms with Crippen LogP contribution in [0.15, 0.2) is 60.9 Å². The molecule has 3 heterocycles. The van der Waals surface area contributed by atoms with Crippen LogP contribution in [-0.4, -0.2) is 57.7 Å². The molecule has 0 atom stereocenters. The smallest absolute Gasteiger partial charge is 0.246 e. The Hall–Kier alpha value is -3.32. The van der Waals surface area contributed by atoms with Crippen molar-refractivity contribution in [1.82, 2.24) is 24.6 Å². The second kappa shape index (κ2) is 8.59. The number of carbonyl (C=O) groups excluding carboxylic acids is 1. The number of benzene rings is 1. The van der Waals surface area contributed by atoms with E-state index in [1.807, 2.05) is 46.8 Å². The fourth-order valence-corrected chi connectivity index (χ4v) is 3.61. The zero-order chi connectivity index (χ0) is 21.1. The molecular weight excluding hydrogens is 381 g/mol. The second-order valence-electron chi connectivity index (χ2n) is 7.56. The molecular formula is C23H24FN5O. The third-order valence-corrected chi connectivity index (χ3v) is 5.11. The van der Waals surface area contributed by atoms with Gasteiger partial charge < -0.3 is 9.80 Å². The SMILES string of the molecule is CN(C)C/C=C/C(=O)N1CCn2nc(-c3ccc(F)cc3)c(-c3ccncc3)c2C1. The second-order valence-corrected chi connectivity index (χ2v) is 7.56. The summed E-state index contributed by atoms with van der Waals surface area (Å²) in [7, 11) is 3.93. The van der Waals surface area contributed by atoms with Gasteiger partial charge >= 0.3 is 0 Å². The molecule has 3 aromatic rings. The Balaban J connectivity index is 1.72. The Morgan fingerprint density at radius 1 is 1.10 bits per heavy atom. The van der Waals surface area contributed by atoms with Gasteiger partial charge in [-0.15, -0.1) is 0 Å². The van der Waals surface area contributed by atoms with Crippen LogP contribution in [0.1, 0.15) is 5.69 Å². The first-order valence-electron chi connectivity index (χ1n) is 9.89. The summed E-state index contributed by atoms with van der Waals surface area (Å²) in [6.07, 6.45) is 6.99. The molecule has 0 fully saturated rings. The third kappa shape index (κ3) is 4.16. The lowest BCUT2D eigenvalue weighted by Crippen LogP contribution is -2.37. The van der Waals surface area contributed by atoms with Gasteiger partial charge in [-0.2, -0.15) is 5.10 Å². The van der Waals surface area contributed by atoms with Crippen LogP contribution in [0.25, 0.3) is 22.4 Å². The van der Waals surface area contributed by atoms with Crippen LogP contribution in [0.5, 0.6) is 0 Å². The zero-order valence-corrected chi connectivity index (χ0v) is 17.1. The Labute approximate surface area is 175 Å². The highest BCUT2D eigenvalue weighted by Crippen LogP contribution is 2.36. The van der Waals surface area contributed by atoms with Crippen LogP contribution in [0.2, 0.25) is 0 Å². The summed E-state index contributed by atoms with van der Waals surface area (Å²) in [4.78, 5) is 20.6. The Bertz CT molecular complexity index is 1060. The van der Waals surface area contributed by atoms with Gasteiger partial charge in [0.1, 0.15) is 11.5 Å². The molecule has 1 amide bonds. The number of hydrogen-bond donors (Lipinski definition) is 0. The molecule has 6 nitrogen and oxygen atoms in total. The van der Waals surface area contributed by atoms with Crippen molar-refractivity contribution >= 4 is 5.91 Å². The number of carbonyl (C=O) groups is 1. The molecule has 0 aliphatic carbocycles. The largest absolute Gasteiger partial charge is 0.331 e. The lowest BCUT2D eigenvalue weighted by molar-refractivity contribution is -0.127. The number of pyridine rings is 1. The lowest BCUT2D eigenvalue weighted by Gasteiger charge is -2.27. The van der Waals surface area contributed by atoms with Crippen LogP contribution < -0.4 is 0 Å². The fourth-order valence-electron chi connectivity index (χ4n) is 3.61. The van der Waals surface area contributed by atoms with Gasteiger partial charge in [0.05, 0.1) is 18.8 Å². The minimum absolute atomic E-state index is 0.00619. The maximum absolute atomic E-state index is 13.5. The van der Waals surface area contributed by atoms with Crippen LogP contribution in [0.3, 0.4) is 0 Å². The van der Waals surface area contributed by atoms with Gasteiger partial charge in [0.25, 0.3) is 0 Å². The van der Waals surface area contributed by atoms with Crippen LogP contribution in [-0.2, 0) is 17.9 Å². The number of hydrogen-bond acceptors (Lipinski definition) is 4. The van der Waals surface area contributed by atoms with E-state index in [4.69, 9.17) is 5.10 Å². The summed E-state index contributed by atoms with van der Waals surface area (Å²) in [5.74, 6) is -0.289. The topological polar surface area (TPSA) is 54.3 Å².